The van der Waals surface area contributed by atoms with E-state index in [9.17, 15) is 0 Å². The van der Waals surface area contributed by atoms with Crippen molar-refractivity contribution in [3.63, 3.8) is 0 Å². The van der Waals surface area contributed by atoms with Crippen LogP contribution in [-0.4, -0.2) is 23.6 Å². The number of guanidine groups is 1. The van der Waals surface area contributed by atoms with Crippen molar-refractivity contribution in [2.24, 2.45) is 4.99 Å². The molecule has 1 aliphatic heterocycles. The summed E-state index contributed by atoms with van der Waals surface area (Å²) in [6.45, 7) is 6.86. The van der Waals surface area contributed by atoms with E-state index in [1.165, 1.54) is 5.56 Å². The molecule has 2 aromatic rings. The molecule has 0 saturated heterocycles. The van der Waals surface area contributed by atoms with Crippen LogP contribution >= 0.6 is 0 Å². The zero-order valence-electron chi connectivity index (χ0n) is 15.3. The second kappa shape index (κ2) is 7.13. The Bertz CT molecular complexity index is 770. The topological polar surface area (TPSA) is 58.5 Å². The normalized spacial score (nSPS) is 18.9. The third-order valence-corrected chi connectivity index (χ3v) is 4.29. The van der Waals surface area contributed by atoms with E-state index in [4.69, 9.17) is 4.74 Å². The summed E-state index contributed by atoms with van der Waals surface area (Å²) < 4.78 is 6.10. The molecule has 1 unspecified atom stereocenters. The molecule has 25 heavy (non-hydrogen) atoms. The van der Waals surface area contributed by atoms with Gasteiger partial charge in [0.2, 0.25) is 0 Å². The van der Waals surface area contributed by atoms with E-state index in [0.29, 0.717) is 6.54 Å². The maximum Gasteiger partial charge on any atom is 0.191 e. The van der Waals surface area contributed by atoms with Gasteiger partial charge in [0.05, 0.1) is 18.3 Å². The first-order valence-corrected chi connectivity index (χ1v) is 8.64. The molecule has 1 aliphatic rings. The molecule has 1 atom stereocenters. The minimum Gasteiger partial charge on any atom is -0.487 e. The molecule has 0 aliphatic carbocycles. The molecule has 5 heteroatoms. The zero-order chi connectivity index (χ0) is 17.9. The number of aryl methyl sites for hydroxylation is 1. The first-order chi connectivity index (χ1) is 12.0. The van der Waals surface area contributed by atoms with Crippen molar-refractivity contribution in [1.29, 1.82) is 0 Å². The largest absolute Gasteiger partial charge is 0.487 e. The molecular formula is C20H26N4O. The van der Waals surface area contributed by atoms with Crippen LogP contribution in [0.25, 0.3) is 0 Å². The molecule has 132 valence electrons. The molecular weight excluding hydrogens is 312 g/mol. The Labute approximate surface area is 149 Å². The van der Waals surface area contributed by atoms with Crippen molar-refractivity contribution >= 4 is 5.96 Å². The highest BCUT2D eigenvalue weighted by atomic mass is 16.5. The number of aliphatic imine (C=N–C) groups is 1. The first kappa shape index (κ1) is 17.3. The van der Waals surface area contributed by atoms with Crippen LogP contribution in [0, 0.1) is 6.92 Å². The number of pyridine rings is 1. The lowest BCUT2D eigenvalue weighted by Crippen LogP contribution is -2.45. The van der Waals surface area contributed by atoms with E-state index in [1.807, 2.05) is 43.3 Å². The van der Waals surface area contributed by atoms with Gasteiger partial charge in [-0.3, -0.25) is 9.98 Å². The summed E-state index contributed by atoms with van der Waals surface area (Å²) in [5, 5.41) is 6.89. The van der Waals surface area contributed by atoms with E-state index < -0.39 is 0 Å². The van der Waals surface area contributed by atoms with Crippen molar-refractivity contribution < 1.29 is 4.74 Å². The molecule has 0 saturated carbocycles. The molecule has 5 nitrogen and oxygen atoms in total. The second-order valence-corrected chi connectivity index (χ2v) is 7.00. The van der Waals surface area contributed by atoms with E-state index in [-0.39, 0.29) is 11.6 Å². The molecule has 1 aromatic heterocycles. The van der Waals surface area contributed by atoms with Crippen LogP contribution in [0.15, 0.2) is 47.5 Å². The van der Waals surface area contributed by atoms with E-state index in [0.717, 1.165) is 29.5 Å². The minimum atomic E-state index is -0.219. The lowest BCUT2D eigenvalue weighted by atomic mass is 9.90. The number of fused-ring (bicyclic) bond motifs is 1. The van der Waals surface area contributed by atoms with Crippen LogP contribution < -0.4 is 15.4 Å². The molecule has 0 spiro atoms. The number of hydrogen-bond acceptors (Lipinski definition) is 3. The number of rotatable bonds is 3. The maximum absolute atomic E-state index is 6.10. The monoisotopic (exact) mass is 338 g/mol. The molecule has 1 aromatic carbocycles. The Morgan fingerprint density at radius 3 is 2.80 bits per heavy atom. The van der Waals surface area contributed by atoms with Gasteiger partial charge in [0.25, 0.3) is 0 Å². The van der Waals surface area contributed by atoms with Crippen LogP contribution in [0.5, 0.6) is 5.75 Å². The van der Waals surface area contributed by atoms with Crippen LogP contribution in [0.2, 0.25) is 0 Å². The Morgan fingerprint density at radius 1 is 1.24 bits per heavy atom. The third-order valence-electron chi connectivity index (χ3n) is 4.29. The Morgan fingerprint density at radius 2 is 2.04 bits per heavy atom. The lowest BCUT2D eigenvalue weighted by molar-refractivity contribution is 0.0694. The van der Waals surface area contributed by atoms with Crippen molar-refractivity contribution in [3.8, 4) is 5.75 Å². The summed E-state index contributed by atoms with van der Waals surface area (Å²) in [5.74, 6) is 1.70. The second-order valence-electron chi connectivity index (χ2n) is 7.00. The maximum atomic E-state index is 6.10. The van der Waals surface area contributed by atoms with Gasteiger partial charge in [-0.15, -0.1) is 0 Å². The van der Waals surface area contributed by atoms with Gasteiger partial charge in [0.1, 0.15) is 11.4 Å². The van der Waals surface area contributed by atoms with Gasteiger partial charge in [-0.1, -0.05) is 24.3 Å². The SMILES string of the molecule is CN=C(NCc1cccc(C)n1)NC1CC(C)(C)Oc2ccccc21. The molecule has 3 rings (SSSR count). The number of hydrogen-bond donors (Lipinski definition) is 2. The van der Waals surface area contributed by atoms with Crippen molar-refractivity contribution in [2.75, 3.05) is 7.05 Å². The van der Waals surface area contributed by atoms with Gasteiger partial charge in [0, 0.05) is 24.7 Å². The number of benzene rings is 1. The fourth-order valence-electron chi connectivity index (χ4n) is 3.16. The first-order valence-electron chi connectivity index (χ1n) is 8.64. The smallest absolute Gasteiger partial charge is 0.191 e. The summed E-state index contributed by atoms with van der Waals surface area (Å²) in [6.07, 6.45) is 0.868. The van der Waals surface area contributed by atoms with E-state index in [2.05, 4.69) is 40.5 Å². The average Bonchev–Trinajstić information content (AvgIpc) is 2.57. The third kappa shape index (κ3) is 4.29. The van der Waals surface area contributed by atoms with Gasteiger partial charge in [-0.05, 0) is 39.0 Å². The number of aromatic nitrogens is 1. The zero-order valence-corrected chi connectivity index (χ0v) is 15.3. The Kier molecular flexibility index (Phi) is 4.93. The van der Waals surface area contributed by atoms with Crippen LogP contribution in [0.4, 0.5) is 0 Å². The number of para-hydroxylation sites is 1. The number of ether oxygens (including phenoxy) is 1. The molecule has 0 radical (unpaired) electrons. The Hall–Kier alpha value is -2.56. The fourth-order valence-corrected chi connectivity index (χ4v) is 3.16. The lowest BCUT2D eigenvalue weighted by Gasteiger charge is -2.38. The number of nitrogens with one attached hydrogen (secondary N) is 2. The molecule has 2 heterocycles. The van der Waals surface area contributed by atoms with E-state index in [1.54, 1.807) is 7.05 Å². The van der Waals surface area contributed by atoms with Crippen LogP contribution in [-0.2, 0) is 6.54 Å². The quantitative estimate of drug-likeness (QED) is 0.665. The number of nitrogens with zero attached hydrogens (tertiary/aromatic N) is 2. The van der Waals surface area contributed by atoms with Gasteiger partial charge in [-0.2, -0.15) is 0 Å². The minimum absolute atomic E-state index is 0.150. The standard InChI is InChI=1S/C20H26N4O/c1-14-8-7-9-15(23-14)13-22-19(21-4)24-17-12-20(2,3)25-18-11-6-5-10-16(17)18/h5-11,17H,12-13H2,1-4H3,(H2,21,22,24). The van der Waals surface area contributed by atoms with Crippen LogP contribution in [0.1, 0.15) is 43.3 Å². The Balaban J connectivity index is 1.71. The molecule has 0 bridgehead atoms. The van der Waals surface area contributed by atoms with Gasteiger partial charge in [0.15, 0.2) is 5.96 Å². The summed E-state index contributed by atoms with van der Waals surface area (Å²) in [6, 6.07) is 14.4. The van der Waals surface area contributed by atoms with Gasteiger partial charge in [-0.25, -0.2) is 0 Å². The van der Waals surface area contributed by atoms with E-state index >= 15 is 0 Å². The van der Waals surface area contributed by atoms with Crippen molar-refractivity contribution in [2.45, 2.75) is 45.4 Å². The van der Waals surface area contributed by atoms with Crippen LogP contribution in [0.3, 0.4) is 0 Å². The summed E-state index contributed by atoms with van der Waals surface area (Å²) >= 11 is 0. The molecule has 0 fully saturated rings. The summed E-state index contributed by atoms with van der Waals surface area (Å²) in [5.41, 5.74) is 2.96. The highest BCUT2D eigenvalue weighted by molar-refractivity contribution is 5.80. The molecule has 0 amide bonds. The fraction of sp³-hybridized carbons (Fsp3) is 0.400. The van der Waals surface area contributed by atoms with Crippen molar-refractivity contribution in [1.82, 2.24) is 15.6 Å². The highest BCUT2D eigenvalue weighted by Gasteiger charge is 2.33. The molecule has 2 N–H and O–H groups in total. The highest BCUT2D eigenvalue weighted by Crippen LogP contribution is 2.39. The predicted octanol–water partition coefficient (Wildman–Crippen LogP) is 3.36. The van der Waals surface area contributed by atoms with Gasteiger partial charge < -0.3 is 15.4 Å². The summed E-state index contributed by atoms with van der Waals surface area (Å²) in [7, 11) is 1.79. The summed E-state index contributed by atoms with van der Waals surface area (Å²) in [4.78, 5) is 8.89. The predicted molar refractivity (Wildman–Crippen MR) is 101 cm³/mol. The average molecular weight is 338 g/mol. The van der Waals surface area contributed by atoms with Gasteiger partial charge >= 0.3 is 0 Å². The van der Waals surface area contributed by atoms with Crippen molar-refractivity contribution in [3.05, 3.63) is 59.4 Å².